The lowest BCUT2D eigenvalue weighted by atomic mass is 10.0. The molecule has 4 nitrogen and oxygen atoms in total. The van der Waals surface area contributed by atoms with Crippen molar-refractivity contribution >= 4 is 0 Å². The minimum Gasteiger partial charge on any atom is -0.381 e. The first kappa shape index (κ1) is 23.4. The Kier molecular flexibility index (Phi) is 9.59. The van der Waals surface area contributed by atoms with E-state index in [9.17, 15) is 0 Å². The molecule has 0 atom stereocenters. The molecule has 2 aliphatic rings. The molecule has 32 heavy (non-hydrogen) atoms. The second kappa shape index (κ2) is 13.1. The molecule has 0 N–H and O–H groups in total. The van der Waals surface area contributed by atoms with Crippen molar-refractivity contribution in [3.05, 3.63) is 59.7 Å². The van der Waals surface area contributed by atoms with E-state index in [1.165, 1.54) is 47.9 Å². The molecular formula is C28H38O4. The molecule has 0 aliphatic carbocycles. The van der Waals surface area contributed by atoms with Gasteiger partial charge in [0.1, 0.15) is 0 Å². The standard InChI is InChI=1S/C28H38O4/c1(5-25-19-31-20-25)3-15-29-17-23-7-11-27(12-8-23)28-13-9-24(10-14-28)18-30-16-4-2-6-26-21-32-22-26/h7-14,25-26H,1-6,15-22H2. The van der Waals surface area contributed by atoms with Gasteiger partial charge in [0.05, 0.1) is 39.6 Å². The van der Waals surface area contributed by atoms with E-state index >= 15 is 0 Å². The Balaban J connectivity index is 1.09. The van der Waals surface area contributed by atoms with E-state index < -0.39 is 0 Å². The van der Waals surface area contributed by atoms with E-state index in [1.807, 2.05) is 0 Å². The highest BCUT2D eigenvalue weighted by molar-refractivity contribution is 5.63. The molecule has 0 aromatic heterocycles. The van der Waals surface area contributed by atoms with Crippen LogP contribution < -0.4 is 0 Å². The molecule has 174 valence electrons. The smallest absolute Gasteiger partial charge is 0.0716 e. The van der Waals surface area contributed by atoms with Crippen LogP contribution in [0.15, 0.2) is 48.5 Å². The Morgan fingerprint density at radius 2 is 0.969 bits per heavy atom. The third kappa shape index (κ3) is 7.70. The van der Waals surface area contributed by atoms with Crippen LogP contribution in [0.4, 0.5) is 0 Å². The minimum atomic E-state index is 0.692. The van der Waals surface area contributed by atoms with Gasteiger partial charge in [0.25, 0.3) is 0 Å². The summed E-state index contributed by atoms with van der Waals surface area (Å²) in [4.78, 5) is 0. The number of benzene rings is 2. The van der Waals surface area contributed by atoms with Crippen molar-refractivity contribution in [3.63, 3.8) is 0 Å². The molecule has 4 heteroatoms. The lowest BCUT2D eigenvalue weighted by molar-refractivity contribution is -0.0372. The molecule has 0 amide bonds. The van der Waals surface area contributed by atoms with Crippen molar-refractivity contribution in [1.29, 1.82) is 0 Å². The van der Waals surface area contributed by atoms with Gasteiger partial charge >= 0.3 is 0 Å². The molecule has 2 fully saturated rings. The molecule has 0 spiro atoms. The fourth-order valence-corrected chi connectivity index (χ4v) is 4.14. The zero-order valence-corrected chi connectivity index (χ0v) is 19.3. The Hall–Kier alpha value is -1.72. The molecule has 2 aliphatic heterocycles. The molecule has 2 heterocycles. The van der Waals surface area contributed by atoms with Crippen LogP contribution in [0.5, 0.6) is 0 Å². The van der Waals surface area contributed by atoms with Gasteiger partial charge in [-0.2, -0.15) is 0 Å². The highest BCUT2D eigenvalue weighted by Gasteiger charge is 2.17. The largest absolute Gasteiger partial charge is 0.381 e. The lowest BCUT2D eigenvalue weighted by Gasteiger charge is -2.25. The molecule has 0 bridgehead atoms. The van der Waals surface area contributed by atoms with E-state index in [1.54, 1.807) is 0 Å². The van der Waals surface area contributed by atoms with Gasteiger partial charge in [-0.05, 0) is 47.9 Å². The van der Waals surface area contributed by atoms with Crippen LogP contribution in [0.2, 0.25) is 0 Å². The van der Waals surface area contributed by atoms with Crippen LogP contribution in [0.25, 0.3) is 11.1 Å². The molecule has 0 unspecified atom stereocenters. The van der Waals surface area contributed by atoms with Gasteiger partial charge in [-0.25, -0.2) is 0 Å². The van der Waals surface area contributed by atoms with E-state index in [-0.39, 0.29) is 0 Å². The first-order valence-electron chi connectivity index (χ1n) is 12.4. The molecule has 4 rings (SSSR count). The van der Waals surface area contributed by atoms with Gasteiger partial charge in [0.2, 0.25) is 0 Å². The van der Waals surface area contributed by atoms with Crippen molar-refractivity contribution in [2.45, 2.75) is 51.7 Å². The predicted octanol–water partition coefficient (Wildman–Crippen LogP) is 6.02. The maximum Gasteiger partial charge on any atom is 0.0716 e. The maximum atomic E-state index is 5.85. The molecule has 2 saturated heterocycles. The molecule has 0 radical (unpaired) electrons. The average Bonchev–Trinajstić information content (AvgIpc) is 2.76. The Labute approximate surface area is 193 Å². The summed E-state index contributed by atoms with van der Waals surface area (Å²) in [5, 5.41) is 0. The second-order valence-electron chi connectivity index (χ2n) is 9.30. The second-order valence-corrected chi connectivity index (χ2v) is 9.30. The summed E-state index contributed by atoms with van der Waals surface area (Å²) in [5.41, 5.74) is 4.94. The monoisotopic (exact) mass is 438 g/mol. The SMILES string of the molecule is c1cc(-c2ccc(COCCCCC3COC3)cc2)ccc1COCCCCC1COC1. The number of hydrogen-bond donors (Lipinski definition) is 0. The van der Waals surface area contributed by atoms with Crippen LogP contribution in [-0.4, -0.2) is 39.6 Å². The zero-order valence-electron chi connectivity index (χ0n) is 19.3. The fraction of sp³-hybridized carbons (Fsp3) is 0.571. The van der Waals surface area contributed by atoms with Gasteiger partial charge < -0.3 is 18.9 Å². The van der Waals surface area contributed by atoms with Crippen LogP contribution in [0.1, 0.15) is 49.7 Å². The zero-order chi connectivity index (χ0) is 21.8. The lowest BCUT2D eigenvalue weighted by Crippen LogP contribution is -2.27. The Morgan fingerprint density at radius 1 is 0.562 bits per heavy atom. The summed E-state index contributed by atoms with van der Waals surface area (Å²) in [6, 6.07) is 17.5. The third-order valence-corrected chi connectivity index (χ3v) is 6.49. The van der Waals surface area contributed by atoms with Crippen molar-refractivity contribution in [3.8, 4) is 11.1 Å². The first-order valence-corrected chi connectivity index (χ1v) is 12.4. The highest BCUT2D eigenvalue weighted by Crippen LogP contribution is 2.22. The molecular weight excluding hydrogens is 400 g/mol. The average molecular weight is 439 g/mol. The quantitative estimate of drug-likeness (QED) is 0.319. The summed E-state index contributed by atoms with van der Waals surface area (Å²) in [7, 11) is 0. The van der Waals surface area contributed by atoms with Gasteiger partial charge in [-0.15, -0.1) is 0 Å². The first-order chi connectivity index (χ1) is 15.9. The van der Waals surface area contributed by atoms with Crippen LogP contribution in [-0.2, 0) is 32.2 Å². The predicted molar refractivity (Wildman–Crippen MR) is 128 cm³/mol. The van der Waals surface area contributed by atoms with E-state index in [0.29, 0.717) is 13.2 Å². The van der Waals surface area contributed by atoms with Crippen molar-refractivity contribution < 1.29 is 18.9 Å². The molecule has 2 aromatic carbocycles. The number of unbranched alkanes of at least 4 members (excludes halogenated alkanes) is 2. The third-order valence-electron chi connectivity index (χ3n) is 6.49. The van der Waals surface area contributed by atoms with Gasteiger partial charge in [0.15, 0.2) is 0 Å². The van der Waals surface area contributed by atoms with E-state index in [4.69, 9.17) is 18.9 Å². The Bertz CT molecular complexity index is 696. The van der Waals surface area contributed by atoms with Gasteiger partial charge in [-0.3, -0.25) is 0 Å². The van der Waals surface area contributed by atoms with E-state index in [0.717, 1.165) is 64.3 Å². The molecule has 2 aromatic rings. The van der Waals surface area contributed by atoms with Crippen LogP contribution in [0.3, 0.4) is 0 Å². The van der Waals surface area contributed by atoms with Crippen molar-refractivity contribution in [2.24, 2.45) is 11.8 Å². The van der Waals surface area contributed by atoms with E-state index in [2.05, 4.69) is 48.5 Å². The summed E-state index contributed by atoms with van der Waals surface area (Å²) in [6.07, 6.45) is 7.31. The topological polar surface area (TPSA) is 36.9 Å². The highest BCUT2D eigenvalue weighted by atomic mass is 16.5. The van der Waals surface area contributed by atoms with Crippen LogP contribution >= 0.6 is 0 Å². The fourth-order valence-electron chi connectivity index (χ4n) is 4.14. The minimum absolute atomic E-state index is 0.692. The van der Waals surface area contributed by atoms with Gasteiger partial charge in [-0.1, -0.05) is 61.4 Å². The maximum absolute atomic E-state index is 5.85. The number of rotatable bonds is 15. The molecule has 0 saturated carbocycles. The number of ether oxygens (including phenoxy) is 4. The van der Waals surface area contributed by atoms with Gasteiger partial charge in [0, 0.05) is 25.0 Å². The summed E-state index contributed by atoms with van der Waals surface area (Å²) in [6.45, 7) is 6.90. The Morgan fingerprint density at radius 3 is 1.31 bits per heavy atom. The van der Waals surface area contributed by atoms with Crippen molar-refractivity contribution in [2.75, 3.05) is 39.6 Å². The number of hydrogen-bond acceptors (Lipinski definition) is 4. The van der Waals surface area contributed by atoms with Crippen LogP contribution in [0, 0.1) is 11.8 Å². The summed E-state index contributed by atoms with van der Waals surface area (Å²) >= 11 is 0. The summed E-state index contributed by atoms with van der Waals surface area (Å²) < 4.78 is 22.1. The summed E-state index contributed by atoms with van der Waals surface area (Å²) in [5.74, 6) is 1.60. The van der Waals surface area contributed by atoms with Crippen molar-refractivity contribution in [1.82, 2.24) is 0 Å². The normalized spacial score (nSPS) is 16.6.